The molecule has 0 aliphatic carbocycles. The number of amides is 1. The highest BCUT2D eigenvalue weighted by Crippen LogP contribution is 2.31. The predicted molar refractivity (Wildman–Crippen MR) is 123 cm³/mol. The molecule has 1 N–H and O–H groups in total. The van der Waals surface area contributed by atoms with E-state index in [9.17, 15) is 10.1 Å². The van der Waals surface area contributed by atoms with Gasteiger partial charge < -0.3 is 9.73 Å². The number of aryl methyl sites for hydroxylation is 1. The zero-order valence-electron chi connectivity index (χ0n) is 17.4. The average molecular weight is 449 g/mol. The second kappa shape index (κ2) is 8.92. The van der Waals surface area contributed by atoms with Crippen molar-refractivity contribution in [2.45, 2.75) is 32.3 Å². The van der Waals surface area contributed by atoms with Gasteiger partial charge in [0.05, 0.1) is 28.1 Å². The normalized spacial score (nSPS) is 10.9. The molecule has 1 amide bonds. The van der Waals surface area contributed by atoms with Crippen molar-refractivity contribution in [2.24, 2.45) is 0 Å². The number of fused-ring (bicyclic) bond motifs is 1. The molecule has 0 aliphatic heterocycles. The molecule has 1 aromatic carbocycles. The van der Waals surface area contributed by atoms with Gasteiger partial charge in [-0.3, -0.25) is 4.79 Å². The fourth-order valence-electron chi connectivity index (χ4n) is 3.08. The topological polar surface area (TPSA) is 91.8 Å². The van der Waals surface area contributed by atoms with Crippen molar-refractivity contribution in [1.82, 2.24) is 15.3 Å². The molecular weight excluding hydrogens is 428 g/mol. The first kappa shape index (κ1) is 21.1. The molecule has 0 bridgehead atoms. The summed E-state index contributed by atoms with van der Waals surface area (Å²) in [7, 11) is 0. The predicted octanol–water partition coefficient (Wildman–Crippen LogP) is 5.16. The molecule has 156 valence electrons. The van der Waals surface area contributed by atoms with Crippen molar-refractivity contribution in [3.05, 3.63) is 64.5 Å². The van der Waals surface area contributed by atoms with Gasteiger partial charge in [-0.15, -0.1) is 11.3 Å². The number of carbonyl (C=O) groups is 1. The van der Waals surface area contributed by atoms with E-state index < -0.39 is 0 Å². The van der Waals surface area contributed by atoms with Crippen molar-refractivity contribution in [2.75, 3.05) is 5.75 Å². The summed E-state index contributed by atoms with van der Waals surface area (Å²) in [6.45, 7) is 6.06. The van der Waals surface area contributed by atoms with Gasteiger partial charge in [0, 0.05) is 5.69 Å². The van der Waals surface area contributed by atoms with Crippen LogP contribution in [0.5, 0.6) is 0 Å². The third-order valence-electron chi connectivity index (χ3n) is 5.04. The van der Waals surface area contributed by atoms with E-state index in [-0.39, 0.29) is 18.2 Å². The Morgan fingerprint density at radius 1 is 1.16 bits per heavy atom. The first-order chi connectivity index (χ1) is 15.0. The number of furan rings is 1. The van der Waals surface area contributed by atoms with E-state index >= 15 is 0 Å². The minimum Gasteiger partial charge on any atom is -0.457 e. The number of aromatic nitrogens is 2. The average Bonchev–Trinajstić information content (AvgIpc) is 3.41. The van der Waals surface area contributed by atoms with E-state index in [1.807, 2.05) is 57.2 Å². The zero-order valence-corrected chi connectivity index (χ0v) is 19.0. The molecular formula is C23H20N4O2S2. The first-order valence-corrected chi connectivity index (χ1v) is 11.5. The maximum absolute atomic E-state index is 12.3. The lowest BCUT2D eigenvalue weighted by Gasteiger charge is -2.11. The van der Waals surface area contributed by atoms with Gasteiger partial charge >= 0.3 is 0 Å². The van der Waals surface area contributed by atoms with Crippen LogP contribution >= 0.6 is 23.1 Å². The summed E-state index contributed by atoms with van der Waals surface area (Å²) in [5, 5.41) is 13.7. The van der Waals surface area contributed by atoms with Gasteiger partial charge in [-0.25, -0.2) is 9.97 Å². The van der Waals surface area contributed by atoms with Crippen LogP contribution < -0.4 is 5.32 Å². The fourth-order valence-corrected chi connectivity index (χ4v) is 4.93. The maximum Gasteiger partial charge on any atom is 0.230 e. The second-order valence-electron chi connectivity index (χ2n) is 7.06. The van der Waals surface area contributed by atoms with E-state index in [1.165, 1.54) is 11.8 Å². The summed E-state index contributed by atoms with van der Waals surface area (Å²) < 4.78 is 6.97. The maximum atomic E-state index is 12.3. The summed E-state index contributed by atoms with van der Waals surface area (Å²) in [5.41, 5.74) is 4.27. The van der Waals surface area contributed by atoms with Gasteiger partial charge in [0.25, 0.3) is 0 Å². The molecule has 0 saturated carbocycles. The number of benzene rings is 1. The third kappa shape index (κ3) is 4.48. The number of thiazole rings is 1. The molecule has 0 aliphatic rings. The largest absolute Gasteiger partial charge is 0.457 e. The van der Waals surface area contributed by atoms with Gasteiger partial charge in [-0.1, -0.05) is 23.9 Å². The molecule has 3 aromatic heterocycles. The van der Waals surface area contributed by atoms with E-state index in [4.69, 9.17) is 4.42 Å². The summed E-state index contributed by atoms with van der Waals surface area (Å²) >= 11 is 2.84. The fraction of sp³-hybridized carbons (Fsp3) is 0.217. The van der Waals surface area contributed by atoms with Crippen LogP contribution in [-0.4, -0.2) is 21.6 Å². The first-order valence-electron chi connectivity index (χ1n) is 9.68. The van der Waals surface area contributed by atoms with Crippen molar-refractivity contribution in [3.63, 3.8) is 0 Å². The lowest BCUT2D eigenvalue weighted by Crippen LogP contribution is -2.24. The number of hydrogen-bond donors (Lipinski definition) is 1. The minimum atomic E-state index is -0.149. The van der Waals surface area contributed by atoms with Gasteiger partial charge in [0.15, 0.2) is 10.8 Å². The van der Waals surface area contributed by atoms with Crippen molar-refractivity contribution in [3.8, 4) is 16.8 Å². The molecule has 0 unspecified atom stereocenters. The lowest BCUT2D eigenvalue weighted by molar-refractivity contribution is -0.118. The SMILES string of the molecule is Cc1nc(SCC(=O)NCc2ccc(-c3nc4ccccc4s3)o2)c(C#N)c(C)c1C. The van der Waals surface area contributed by atoms with Crippen molar-refractivity contribution < 1.29 is 9.21 Å². The molecule has 6 nitrogen and oxygen atoms in total. The van der Waals surface area contributed by atoms with Crippen LogP contribution in [0.15, 0.2) is 45.8 Å². The summed E-state index contributed by atoms with van der Waals surface area (Å²) in [4.78, 5) is 21.4. The summed E-state index contributed by atoms with van der Waals surface area (Å²) in [5.74, 6) is 1.37. The second-order valence-corrected chi connectivity index (χ2v) is 9.05. The number of nitrogens with one attached hydrogen (secondary N) is 1. The van der Waals surface area contributed by atoms with Crippen LogP contribution in [0.4, 0.5) is 0 Å². The standard InChI is InChI=1S/C23H20N4O2S2/c1-13-14(2)17(10-24)22(26-15(13)3)30-12-21(28)25-11-16-8-9-19(29-16)23-27-18-6-4-5-7-20(18)31-23/h4-9H,11-12H2,1-3H3,(H,25,28). The lowest BCUT2D eigenvalue weighted by atomic mass is 10.1. The molecule has 0 spiro atoms. The van der Waals surface area contributed by atoms with Crippen LogP contribution in [0.2, 0.25) is 0 Å². The number of carbonyl (C=O) groups excluding carboxylic acids is 1. The van der Waals surface area contributed by atoms with E-state index in [0.29, 0.717) is 22.1 Å². The Balaban J connectivity index is 1.36. The molecule has 3 heterocycles. The number of nitriles is 1. The Kier molecular flexibility index (Phi) is 6.07. The molecule has 4 aromatic rings. The molecule has 0 saturated heterocycles. The monoisotopic (exact) mass is 448 g/mol. The Morgan fingerprint density at radius 2 is 1.97 bits per heavy atom. The smallest absolute Gasteiger partial charge is 0.230 e. The van der Waals surface area contributed by atoms with Crippen molar-refractivity contribution >= 4 is 39.2 Å². The molecule has 31 heavy (non-hydrogen) atoms. The number of pyridine rings is 1. The number of para-hydroxylation sites is 1. The molecule has 4 rings (SSSR count). The van der Waals surface area contributed by atoms with Crippen LogP contribution in [-0.2, 0) is 11.3 Å². The highest BCUT2D eigenvalue weighted by molar-refractivity contribution is 8.00. The number of thioether (sulfide) groups is 1. The quantitative estimate of drug-likeness (QED) is 0.410. The summed E-state index contributed by atoms with van der Waals surface area (Å²) in [6.07, 6.45) is 0. The van der Waals surface area contributed by atoms with Gasteiger partial charge in [-0.2, -0.15) is 5.26 Å². The van der Waals surface area contributed by atoms with Crippen LogP contribution in [0.25, 0.3) is 21.0 Å². The Bertz CT molecular complexity index is 1280. The molecule has 0 fully saturated rings. The Hall–Kier alpha value is -3.15. The summed E-state index contributed by atoms with van der Waals surface area (Å²) in [6, 6.07) is 13.9. The third-order valence-corrected chi connectivity index (χ3v) is 7.07. The highest BCUT2D eigenvalue weighted by Gasteiger charge is 2.15. The van der Waals surface area contributed by atoms with E-state index in [2.05, 4.69) is 21.4 Å². The highest BCUT2D eigenvalue weighted by atomic mass is 32.2. The molecule has 0 atom stereocenters. The Morgan fingerprint density at radius 3 is 2.74 bits per heavy atom. The van der Waals surface area contributed by atoms with E-state index in [0.717, 1.165) is 32.0 Å². The van der Waals surface area contributed by atoms with Crippen LogP contribution in [0.3, 0.4) is 0 Å². The zero-order chi connectivity index (χ0) is 22.0. The van der Waals surface area contributed by atoms with Crippen molar-refractivity contribution in [1.29, 1.82) is 5.26 Å². The Labute approximate surface area is 188 Å². The molecule has 0 radical (unpaired) electrons. The van der Waals surface area contributed by atoms with Gasteiger partial charge in [0.2, 0.25) is 5.91 Å². The van der Waals surface area contributed by atoms with E-state index in [1.54, 1.807) is 11.3 Å². The van der Waals surface area contributed by atoms with Crippen LogP contribution in [0.1, 0.15) is 28.1 Å². The number of rotatable bonds is 6. The van der Waals surface area contributed by atoms with Gasteiger partial charge in [-0.05, 0) is 56.2 Å². The molecule has 8 heteroatoms. The van der Waals surface area contributed by atoms with Crippen LogP contribution in [0, 0.1) is 32.1 Å². The minimum absolute atomic E-state index is 0.149. The number of nitrogens with zero attached hydrogens (tertiary/aromatic N) is 3. The van der Waals surface area contributed by atoms with Gasteiger partial charge in [0.1, 0.15) is 16.9 Å². The number of hydrogen-bond acceptors (Lipinski definition) is 7.